The Bertz CT molecular complexity index is 223. The summed E-state index contributed by atoms with van der Waals surface area (Å²) in [7, 11) is 1.91. The number of carbonyl (C=O) groups is 1. The average Bonchev–Trinajstić information content (AvgIpc) is 2.31. The van der Waals surface area contributed by atoms with Crippen LogP contribution in [-0.2, 0) is 0 Å². The lowest BCUT2D eigenvalue weighted by atomic mass is 9.83. The van der Waals surface area contributed by atoms with Crippen LogP contribution in [0.1, 0.15) is 51.9 Å². The molecule has 0 aromatic carbocycles. The highest BCUT2D eigenvalue weighted by Crippen LogP contribution is 2.28. The molecule has 4 nitrogen and oxygen atoms in total. The first-order valence-corrected chi connectivity index (χ1v) is 6.84. The van der Waals surface area contributed by atoms with Crippen LogP contribution < -0.4 is 10.6 Å². The average molecular weight is 242 g/mol. The van der Waals surface area contributed by atoms with Crippen molar-refractivity contribution in [2.75, 3.05) is 7.05 Å². The first kappa shape index (κ1) is 14.3. The van der Waals surface area contributed by atoms with Gasteiger partial charge in [-0.2, -0.15) is 0 Å². The highest BCUT2D eigenvalue weighted by atomic mass is 16.4. The van der Waals surface area contributed by atoms with Gasteiger partial charge in [-0.25, -0.2) is 4.79 Å². The molecule has 1 fully saturated rings. The van der Waals surface area contributed by atoms with Gasteiger partial charge in [-0.15, -0.1) is 0 Å². The number of carboxylic acid groups (broad SMARTS) is 1. The minimum atomic E-state index is -0.903. The van der Waals surface area contributed by atoms with Crippen molar-refractivity contribution >= 4 is 6.09 Å². The van der Waals surface area contributed by atoms with Gasteiger partial charge in [0.15, 0.2) is 0 Å². The summed E-state index contributed by atoms with van der Waals surface area (Å²) in [5, 5.41) is 14.8. The molecule has 100 valence electrons. The number of nitrogens with one attached hydrogen (secondary N) is 2. The van der Waals surface area contributed by atoms with Gasteiger partial charge in [-0.05, 0) is 25.8 Å². The van der Waals surface area contributed by atoms with E-state index in [1.807, 2.05) is 7.05 Å². The Kier molecular flexibility index (Phi) is 6.34. The summed E-state index contributed by atoms with van der Waals surface area (Å²) in [6.07, 6.45) is 7.51. The SMILES string of the molecule is CCC(NC)C(CC1CCCCC1)NC(=O)O. The van der Waals surface area contributed by atoms with Crippen LogP contribution in [-0.4, -0.2) is 30.3 Å². The third-order valence-electron chi connectivity index (χ3n) is 3.92. The van der Waals surface area contributed by atoms with Gasteiger partial charge in [-0.3, -0.25) is 0 Å². The second-order valence-corrected chi connectivity index (χ2v) is 5.10. The molecular weight excluding hydrogens is 216 g/mol. The third kappa shape index (κ3) is 4.94. The van der Waals surface area contributed by atoms with Crippen molar-refractivity contribution in [1.82, 2.24) is 10.6 Å². The minimum Gasteiger partial charge on any atom is -0.465 e. The standard InChI is InChI=1S/C13H26N2O2/c1-3-11(14-2)12(15-13(16)17)9-10-7-5-4-6-8-10/h10-12,14-15H,3-9H2,1-2H3,(H,16,17). The fourth-order valence-electron chi connectivity index (χ4n) is 2.95. The monoisotopic (exact) mass is 242 g/mol. The van der Waals surface area contributed by atoms with Crippen LogP contribution in [0.15, 0.2) is 0 Å². The molecular formula is C13H26N2O2. The highest BCUT2D eigenvalue weighted by Gasteiger charge is 2.25. The van der Waals surface area contributed by atoms with Gasteiger partial charge in [0.25, 0.3) is 0 Å². The number of likely N-dealkylation sites (N-methyl/N-ethyl adjacent to an activating group) is 1. The molecule has 0 aromatic heterocycles. The fraction of sp³-hybridized carbons (Fsp3) is 0.923. The van der Waals surface area contributed by atoms with E-state index in [4.69, 9.17) is 5.11 Å². The normalized spacial score (nSPS) is 20.8. The molecule has 0 spiro atoms. The lowest BCUT2D eigenvalue weighted by Crippen LogP contribution is -2.49. The predicted molar refractivity (Wildman–Crippen MR) is 69.3 cm³/mol. The van der Waals surface area contributed by atoms with E-state index in [9.17, 15) is 4.79 Å². The second kappa shape index (κ2) is 7.54. The van der Waals surface area contributed by atoms with Crippen molar-refractivity contribution < 1.29 is 9.90 Å². The molecule has 0 radical (unpaired) electrons. The lowest BCUT2D eigenvalue weighted by Gasteiger charge is -2.31. The van der Waals surface area contributed by atoms with Gasteiger partial charge in [0.2, 0.25) is 0 Å². The van der Waals surface area contributed by atoms with Gasteiger partial charge in [0.05, 0.1) is 0 Å². The van der Waals surface area contributed by atoms with Crippen molar-refractivity contribution in [2.24, 2.45) is 5.92 Å². The maximum Gasteiger partial charge on any atom is 0.404 e. The van der Waals surface area contributed by atoms with Gasteiger partial charge in [-0.1, -0.05) is 39.0 Å². The van der Waals surface area contributed by atoms with Crippen molar-refractivity contribution in [3.63, 3.8) is 0 Å². The zero-order valence-electron chi connectivity index (χ0n) is 11.0. The predicted octanol–water partition coefficient (Wildman–Crippen LogP) is 2.59. The molecule has 1 rings (SSSR count). The van der Waals surface area contributed by atoms with Crippen molar-refractivity contribution in [3.05, 3.63) is 0 Å². The first-order chi connectivity index (χ1) is 8.17. The van der Waals surface area contributed by atoms with Crippen LogP contribution >= 0.6 is 0 Å². The van der Waals surface area contributed by atoms with Crippen LogP contribution in [0.25, 0.3) is 0 Å². The Morgan fingerprint density at radius 3 is 2.41 bits per heavy atom. The molecule has 4 heteroatoms. The molecule has 0 heterocycles. The lowest BCUT2D eigenvalue weighted by molar-refractivity contribution is 0.179. The van der Waals surface area contributed by atoms with Gasteiger partial charge in [0, 0.05) is 12.1 Å². The van der Waals surface area contributed by atoms with E-state index >= 15 is 0 Å². The molecule has 0 aliphatic heterocycles. The summed E-state index contributed by atoms with van der Waals surface area (Å²) in [4.78, 5) is 10.8. The Morgan fingerprint density at radius 1 is 1.29 bits per heavy atom. The summed E-state index contributed by atoms with van der Waals surface area (Å²) >= 11 is 0. The first-order valence-electron chi connectivity index (χ1n) is 6.84. The summed E-state index contributed by atoms with van der Waals surface area (Å²) in [5.74, 6) is 0.697. The molecule has 17 heavy (non-hydrogen) atoms. The van der Waals surface area contributed by atoms with Crippen LogP contribution in [0.3, 0.4) is 0 Å². The Labute approximate surface area is 104 Å². The zero-order valence-corrected chi connectivity index (χ0v) is 11.0. The van der Waals surface area contributed by atoms with Crippen LogP contribution in [0, 0.1) is 5.92 Å². The van der Waals surface area contributed by atoms with Crippen molar-refractivity contribution in [3.8, 4) is 0 Å². The summed E-state index contributed by atoms with van der Waals surface area (Å²) < 4.78 is 0. The molecule has 1 amide bonds. The fourth-order valence-corrected chi connectivity index (χ4v) is 2.95. The summed E-state index contributed by atoms with van der Waals surface area (Å²) in [6, 6.07) is 0.290. The minimum absolute atomic E-state index is 0.0469. The molecule has 1 aliphatic rings. The summed E-state index contributed by atoms with van der Waals surface area (Å²) in [6.45, 7) is 2.10. The highest BCUT2D eigenvalue weighted by molar-refractivity contribution is 5.64. The maximum absolute atomic E-state index is 10.8. The van der Waals surface area contributed by atoms with Gasteiger partial charge >= 0.3 is 6.09 Å². The van der Waals surface area contributed by atoms with Gasteiger partial charge < -0.3 is 15.7 Å². The number of hydrogen-bond donors (Lipinski definition) is 3. The van der Waals surface area contributed by atoms with E-state index in [2.05, 4.69) is 17.6 Å². The van der Waals surface area contributed by atoms with Crippen LogP contribution in [0.2, 0.25) is 0 Å². The molecule has 0 aromatic rings. The number of hydrogen-bond acceptors (Lipinski definition) is 2. The number of amides is 1. The number of rotatable bonds is 6. The van der Waals surface area contributed by atoms with Crippen LogP contribution in [0.4, 0.5) is 4.79 Å². The molecule has 0 bridgehead atoms. The van der Waals surface area contributed by atoms with E-state index in [1.54, 1.807) is 0 Å². The van der Waals surface area contributed by atoms with E-state index < -0.39 is 6.09 Å². The molecule has 0 saturated heterocycles. The van der Waals surface area contributed by atoms with Crippen molar-refractivity contribution in [1.29, 1.82) is 0 Å². The molecule has 1 aliphatic carbocycles. The second-order valence-electron chi connectivity index (χ2n) is 5.10. The molecule has 3 N–H and O–H groups in total. The van der Waals surface area contributed by atoms with E-state index in [-0.39, 0.29) is 12.1 Å². The Hall–Kier alpha value is -0.770. The quantitative estimate of drug-likeness (QED) is 0.671. The smallest absolute Gasteiger partial charge is 0.404 e. The van der Waals surface area contributed by atoms with Gasteiger partial charge in [0.1, 0.15) is 0 Å². The largest absolute Gasteiger partial charge is 0.465 e. The van der Waals surface area contributed by atoms with E-state index in [1.165, 1.54) is 32.1 Å². The molecule has 2 unspecified atom stereocenters. The zero-order chi connectivity index (χ0) is 12.7. The maximum atomic E-state index is 10.8. The Balaban J connectivity index is 2.51. The van der Waals surface area contributed by atoms with Crippen LogP contribution in [0.5, 0.6) is 0 Å². The summed E-state index contributed by atoms with van der Waals surface area (Å²) in [5.41, 5.74) is 0. The van der Waals surface area contributed by atoms with E-state index in [0.717, 1.165) is 12.8 Å². The third-order valence-corrected chi connectivity index (χ3v) is 3.92. The van der Waals surface area contributed by atoms with E-state index in [0.29, 0.717) is 5.92 Å². The molecule has 1 saturated carbocycles. The molecule has 2 atom stereocenters. The Morgan fingerprint density at radius 2 is 1.94 bits per heavy atom. The topological polar surface area (TPSA) is 61.4 Å². The van der Waals surface area contributed by atoms with Crippen molar-refractivity contribution in [2.45, 2.75) is 64.0 Å².